The van der Waals surface area contributed by atoms with Crippen LogP contribution in [-0.2, 0) is 11.3 Å². The summed E-state index contributed by atoms with van der Waals surface area (Å²) in [4.78, 5) is 23.9. The van der Waals surface area contributed by atoms with Gasteiger partial charge in [0.25, 0.3) is 5.92 Å². The zero-order chi connectivity index (χ0) is 20.6. The van der Waals surface area contributed by atoms with Crippen molar-refractivity contribution >= 4 is 11.6 Å². The van der Waals surface area contributed by atoms with Crippen LogP contribution in [0.5, 0.6) is 0 Å². The molecule has 2 aromatic rings. The molecule has 6 nitrogen and oxygen atoms in total. The lowest BCUT2D eigenvalue weighted by Crippen LogP contribution is -2.61. The van der Waals surface area contributed by atoms with Crippen molar-refractivity contribution in [3.63, 3.8) is 0 Å². The molecule has 8 heteroatoms. The van der Waals surface area contributed by atoms with Gasteiger partial charge in [-0.1, -0.05) is 6.07 Å². The van der Waals surface area contributed by atoms with E-state index in [1.165, 1.54) is 0 Å². The van der Waals surface area contributed by atoms with Crippen LogP contribution in [0.15, 0.2) is 30.6 Å². The summed E-state index contributed by atoms with van der Waals surface area (Å²) in [5.74, 6) is -3.22. The van der Waals surface area contributed by atoms with Crippen LogP contribution < -0.4 is 4.90 Å². The van der Waals surface area contributed by atoms with Gasteiger partial charge in [0.1, 0.15) is 0 Å². The lowest BCUT2D eigenvalue weighted by atomic mass is 9.71. The number of carbonyl (C=O) groups is 1. The highest BCUT2D eigenvalue weighted by molar-refractivity contribution is 5.98. The average Bonchev–Trinajstić information content (AvgIpc) is 3.07. The van der Waals surface area contributed by atoms with E-state index in [1.807, 2.05) is 6.92 Å². The fourth-order valence-corrected chi connectivity index (χ4v) is 4.66. The Hall–Kier alpha value is -2.79. The van der Waals surface area contributed by atoms with Crippen molar-refractivity contribution < 1.29 is 13.6 Å². The first-order valence-electron chi connectivity index (χ1n) is 9.73. The van der Waals surface area contributed by atoms with Crippen LogP contribution in [0.2, 0.25) is 0 Å². The molecule has 0 unspecified atom stereocenters. The number of benzene rings is 1. The van der Waals surface area contributed by atoms with E-state index in [0.29, 0.717) is 30.6 Å². The number of nitrogens with one attached hydrogen (secondary N) is 1. The minimum absolute atomic E-state index is 0.276. The van der Waals surface area contributed by atoms with Gasteiger partial charge in [-0.2, -0.15) is 5.26 Å². The van der Waals surface area contributed by atoms with Crippen LogP contribution in [-0.4, -0.2) is 46.3 Å². The summed E-state index contributed by atoms with van der Waals surface area (Å²) in [5, 5.41) is 9.15. The summed E-state index contributed by atoms with van der Waals surface area (Å²) >= 11 is 0. The minimum Gasteiger partial charge on any atom is -0.348 e. The van der Waals surface area contributed by atoms with Crippen LogP contribution in [0.1, 0.15) is 36.2 Å². The highest BCUT2D eigenvalue weighted by atomic mass is 19.3. The molecule has 1 N–H and O–H groups in total. The molecule has 3 heterocycles. The summed E-state index contributed by atoms with van der Waals surface area (Å²) < 4.78 is 29.5. The second-order valence-electron chi connectivity index (χ2n) is 8.15. The van der Waals surface area contributed by atoms with Gasteiger partial charge in [0, 0.05) is 37.4 Å². The SMILES string of the molecule is Cc1[nH]cnc1CN1CC(F)(F)C[C@@]2(CCCN(c3cccc(C#N)c3)C2=O)C1. The number of rotatable bonds is 3. The van der Waals surface area contributed by atoms with Gasteiger partial charge < -0.3 is 9.88 Å². The first-order chi connectivity index (χ1) is 13.8. The molecular formula is C21H23F2N5O. The van der Waals surface area contributed by atoms with Gasteiger partial charge in [-0.3, -0.25) is 9.69 Å². The highest BCUT2D eigenvalue weighted by Crippen LogP contribution is 2.46. The van der Waals surface area contributed by atoms with E-state index in [2.05, 4.69) is 16.0 Å². The molecule has 0 bridgehead atoms. The molecular weight excluding hydrogens is 376 g/mol. The monoisotopic (exact) mass is 399 g/mol. The molecule has 1 amide bonds. The van der Waals surface area contributed by atoms with Crippen LogP contribution in [0.3, 0.4) is 0 Å². The van der Waals surface area contributed by atoms with E-state index in [0.717, 1.165) is 11.4 Å². The Balaban J connectivity index is 1.63. The molecule has 0 aliphatic carbocycles. The molecule has 1 aromatic heterocycles. The summed E-state index contributed by atoms with van der Waals surface area (Å²) in [6, 6.07) is 8.84. The van der Waals surface area contributed by atoms with Gasteiger partial charge in [0.05, 0.1) is 35.6 Å². The fraction of sp³-hybridized carbons (Fsp3) is 0.476. The highest BCUT2D eigenvalue weighted by Gasteiger charge is 2.55. The second kappa shape index (κ2) is 7.23. The van der Waals surface area contributed by atoms with Crippen LogP contribution in [0.25, 0.3) is 0 Å². The third-order valence-corrected chi connectivity index (χ3v) is 5.91. The number of aromatic amines is 1. The van der Waals surface area contributed by atoms with E-state index < -0.39 is 17.8 Å². The molecule has 4 rings (SSSR count). The van der Waals surface area contributed by atoms with Gasteiger partial charge >= 0.3 is 0 Å². The average molecular weight is 399 g/mol. The van der Waals surface area contributed by atoms with Crippen molar-refractivity contribution in [1.29, 1.82) is 5.26 Å². The van der Waals surface area contributed by atoms with Crippen molar-refractivity contribution in [2.75, 3.05) is 24.5 Å². The number of alkyl halides is 2. The Bertz CT molecular complexity index is 966. The molecule has 1 atom stereocenters. The number of amides is 1. The number of likely N-dealkylation sites (tertiary alicyclic amines) is 1. The van der Waals surface area contributed by atoms with Crippen LogP contribution in [0.4, 0.5) is 14.5 Å². The quantitative estimate of drug-likeness (QED) is 0.860. The third-order valence-electron chi connectivity index (χ3n) is 5.91. The van der Waals surface area contributed by atoms with Crippen molar-refractivity contribution in [2.24, 2.45) is 5.41 Å². The number of aromatic nitrogens is 2. The maximum Gasteiger partial charge on any atom is 0.261 e. The Labute approximate surface area is 168 Å². The van der Waals surface area contributed by atoms with Crippen molar-refractivity contribution in [3.8, 4) is 6.07 Å². The number of hydrogen-bond acceptors (Lipinski definition) is 4. The van der Waals surface area contributed by atoms with Crippen molar-refractivity contribution in [1.82, 2.24) is 14.9 Å². The number of carbonyl (C=O) groups excluding carboxylic acids is 1. The van der Waals surface area contributed by atoms with E-state index in [-0.39, 0.29) is 25.5 Å². The third kappa shape index (κ3) is 3.75. The van der Waals surface area contributed by atoms with Crippen molar-refractivity contribution in [2.45, 2.75) is 38.7 Å². The maximum atomic E-state index is 14.8. The summed E-state index contributed by atoms with van der Waals surface area (Å²) in [6.07, 6.45) is 2.20. The molecule has 29 heavy (non-hydrogen) atoms. The van der Waals surface area contributed by atoms with Gasteiger partial charge in [-0.25, -0.2) is 13.8 Å². The number of nitriles is 1. The Morgan fingerprint density at radius 2 is 2.17 bits per heavy atom. The van der Waals surface area contributed by atoms with Gasteiger partial charge in [-0.05, 0) is 38.0 Å². The first-order valence-corrected chi connectivity index (χ1v) is 9.73. The van der Waals surface area contributed by atoms with E-state index in [9.17, 15) is 13.6 Å². The summed E-state index contributed by atoms with van der Waals surface area (Å²) in [6.45, 7) is 2.51. The van der Waals surface area contributed by atoms with Crippen LogP contribution >= 0.6 is 0 Å². The van der Waals surface area contributed by atoms with Gasteiger partial charge in [-0.15, -0.1) is 0 Å². The van der Waals surface area contributed by atoms with Crippen LogP contribution in [0, 0.1) is 23.7 Å². The number of imidazole rings is 1. The second-order valence-corrected chi connectivity index (χ2v) is 8.15. The lowest BCUT2D eigenvalue weighted by molar-refractivity contribution is -0.155. The molecule has 2 fully saturated rings. The fourth-order valence-electron chi connectivity index (χ4n) is 4.66. The first kappa shape index (κ1) is 19.5. The van der Waals surface area contributed by atoms with Gasteiger partial charge in [0.15, 0.2) is 0 Å². The number of halogens is 2. The van der Waals surface area contributed by atoms with E-state index in [4.69, 9.17) is 5.26 Å². The number of nitrogens with zero attached hydrogens (tertiary/aromatic N) is 4. The molecule has 1 aromatic carbocycles. The van der Waals surface area contributed by atoms with Gasteiger partial charge in [0.2, 0.25) is 5.91 Å². The smallest absolute Gasteiger partial charge is 0.261 e. The predicted octanol–water partition coefficient (Wildman–Crippen LogP) is 3.24. The zero-order valence-corrected chi connectivity index (χ0v) is 16.3. The molecule has 0 radical (unpaired) electrons. The molecule has 2 saturated heterocycles. The topological polar surface area (TPSA) is 76.0 Å². The lowest BCUT2D eigenvalue weighted by Gasteiger charge is -2.49. The number of anilines is 1. The molecule has 152 valence electrons. The van der Waals surface area contributed by atoms with E-state index in [1.54, 1.807) is 40.4 Å². The molecule has 2 aliphatic rings. The number of piperidine rings is 2. The van der Waals surface area contributed by atoms with Crippen molar-refractivity contribution in [3.05, 3.63) is 47.5 Å². The number of H-pyrrole nitrogens is 1. The Kier molecular flexibility index (Phi) is 4.87. The Morgan fingerprint density at radius 1 is 1.34 bits per heavy atom. The summed E-state index contributed by atoms with van der Waals surface area (Å²) in [7, 11) is 0. The number of aryl methyl sites for hydroxylation is 1. The Morgan fingerprint density at radius 3 is 2.90 bits per heavy atom. The molecule has 0 saturated carbocycles. The maximum absolute atomic E-state index is 14.8. The summed E-state index contributed by atoms with van der Waals surface area (Å²) in [5.41, 5.74) is 1.47. The molecule has 2 aliphatic heterocycles. The number of hydrogen-bond donors (Lipinski definition) is 1. The predicted molar refractivity (Wildman–Crippen MR) is 103 cm³/mol. The van der Waals surface area contributed by atoms with E-state index >= 15 is 0 Å². The normalized spacial score (nSPS) is 24.6. The standard InChI is InChI=1S/C21H23F2N5O/c1-15-18(26-14-25-15)10-27-12-20(11-21(22,23)13-27)6-3-7-28(19(20)29)17-5-2-4-16(8-17)9-24/h2,4-5,8,14H,3,6-7,10-13H2,1H3,(H,25,26)/t20-/m0/s1. The largest absolute Gasteiger partial charge is 0.348 e. The minimum atomic E-state index is -2.95. The molecule has 1 spiro atoms. The zero-order valence-electron chi connectivity index (χ0n) is 16.3.